The van der Waals surface area contributed by atoms with Crippen LogP contribution in [0.3, 0.4) is 0 Å². The number of nitrogens with zero attached hydrogens (tertiary/aromatic N) is 3. The summed E-state index contributed by atoms with van der Waals surface area (Å²) >= 11 is 3.58. The molecule has 1 atom stereocenters. The lowest BCUT2D eigenvalue weighted by molar-refractivity contribution is 0.527. The van der Waals surface area contributed by atoms with E-state index in [1.54, 1.807) is 0 Å². The fourth-order valence-electron chi connectivity index (χ4n) is 2.05. The quantitative estimate of drug-likeness (QED) is 0.666. The number of hydrogen-bond acceptors (Lipinski definition) is 4. The molecular weight excluding hydrogens is 306 g/mol. The van der Waals surface area contributed by atoms with Gasteiger partial charge in [-0.1, -0.05) is 6.07 Å². The molecule has 0 spiro atoms. The van der Waals surface area contributed by atoms with Crippen molar-refractivity contribution < 1.29 is 0 Å². The van der Waals surface area contributed by atoms with E-state index in [-0.39, 0.29) is 6.04 Å². The monoisotopic (exact) mass is 323 g/mol. The molecular formula is C13H18BrN5. The Morgan fingerprint density at radius 3 is 2.63 bits per heavy atom. The van der Waals surface area contributed by atoms with Gasteiger partial charge in [0.25, 0.3) is 0 Å². The van der Waals surface area contributed by atoms with Gasteiger partial charge in [-0.25, -0.2) is 0 Å². The van der Waals surface area contributed by atoms with Crippen LogP contribution in [0.4, 0.5) is 0 Å². The molecule has 1 unspecified atom stereocenters. The third-order valence-electron chi connectivity index (χ3n) is 3.20. The molecule has 6 heteroatoms. The second-order valence-electron chi connectivity index (χ2n) is 4.63. The zero-order valence-electron chi connectivity index (χ0n) is 11.3. The second-order valence-corrected chi connectivity index (χ2v) is 5.42. The Hall–Kier alpha value is -1.24. The average Bonchev–Trinajstić information content (AvgIpc) is 2.63. The van der Waals surface area contributed by atoms with Gasteiger partial charge >= 0.3 is 0 Å². The van der Waals surface area contributed by atoms with E-state index in [0.717, 1.165) is 33.5 Å². The largest absolute Gasteiger partial charge is 0.271 e. The minimum atomic E-state index is 0.0131. The molecule has 19 heavy (non-hydrogen) atoms. The maximum absolute atomic E-state index is 5.67. The lowest BCUT2D eigenvalue weighted by Gasteiger charge is -2.16. The van der Waals surface area contributed by atoms with E-state index in [2.05, 4.69) is 31.4 Å². The molecule has 2 rings (SSSR count). The summed E-state index contributed by atoms with van der Waals surface area (Å²) in [4.78, 5) is 4.31. The minimum absolute atomic E-state index is 0.0131. The molecule has 0 aromatic carbocycles. The van der Waals surface area contributed by atoms with E-state index in [0.29, 0.717) is 0 Å². The molecule has 3 N–H and O–H groups in total. The van der Waals surface area contributed by atoms with E-state index in [1.165, 1.54) is 0 Å². The Bertz CT molecular complexity index is 561. The van der Waals surface area contributed by atoms with Gasteiger partial charge in [-0.05, 0) is 41.4 Å². The van der Waals surface area contributed by atoms with Crippen molar-refractivity contribution in [3.05, 3.63) is 45.4 Å². The normalized spacial score (nSPS) is 12.7. The van der Waals surface area contributed by atoms with Crippen molar-refractivity contribution >= 4 is 15.9 Å². The lowest BCUT2D eigenvalue weighted by Crippen LogP contribution is -2.30. The molecule has 2 aromatic rings. The molecule has 0 aliphatic carbocycles. The van der Waals surface area contributed by atoms with Gasteiger partial charge in [0.15, 0.2) is 0 Å². The van der Waals surface area contributed by atoms with Crippen molar-refractivity contribution in [1.82, 2.24) is 20.2 Å². The maximum Gasteiger partial charge on any atom is 0.0738 e. The number of rotatable bonds is 4. The molecule has 2 aromatic heterocycles. The predicted molar refractivity (Wildman–Crippen MR) is 78.4 cm³/mol. The highest BCUT2D eigenvalue weighted by Gasteiger charge is 2.17. The van der Waals surface area contributed by atoms with Crippen molar-refractivity contribution in [2.24, 2.45) is 12.9 Å². The van der Waals surface area contributed by atoms with E-state index < -0.39 is 0 Å². The van der Waals surface area contributed by atoms with Crippen molar-refractivity contribution in [2.45, 2.75) is 26.3 Å². The second kappa shape index (κ2) is 5.81. The Balaban J connectivity index is 2.26. The Morgan fingerprint density at radius 2 is 2.16 bits per heavy atom. The van der Waals surface area contributed by atoms with E-state index in [9.17, 15) is 0 Å². The SMILES string of the molecule is Cc1ccc(C(Cc2c(Br)c(C)nn2C)NN)cn1. The van der Waals surface area contributed by atoms with Gasteiger partial charge in [-0.2, -0.15) is 5.10 Å². The molecule has 5 nitrogen and oxygen atoms in total. The van der Waals surface area contributed by atoms with Gasteiger partial charge in [0.2, 0.25) is 0 Å². The molecule has 0 aliphatic heterocycles. The first-order chi connectivity index (χ1) is 9.02. The minimum Gasteiger partial charge on any atom is -0.271 e. The van der Waals surface area contributed by atoms with Crippen LogP contribution >= 0.6 is 15.9 Å². The number of halogens is 1. The fourth-order valence-corrected chi connectivity index (χ4v) is 2.55. The lowest BCUT2D eigenvalue weighted by atomic mass is 10.0. The van der Waals surface area contributed by atoms with Crippen molar-refractivity contribution in [1.29, 1.82) is 0 Å². The first-order valence-electron chi connectivity index (χ1n) is 6.09. The van der Waals surface area contributed by atoms with Crippen LogP contribution in [-0.4, -0.2) is 14.8 Å². The first-order valence-corrected chi connectivity index (χ1v) is 6.89. The van der Waals surface area contributed by atoms with Crippen LogP contribution in [-0.2, 0) is 13.5 Å². The third-order valence-corrected chi connectivity index (χ3v) is 4.23. The summed E-state index contributed by atoms with van der Waals surface area (Å²) in [6.07, 6.45) is 2.61. The standard InChI is InChI=1S/C13H18BrN5/c1-8-4-5-10(7-16-8)11(17-15)6-12-13(14)9(2)18-19(12)3/h4-5,7,11,17H,6,15H2,1-3H3. The molecule has 0 radical (unpaired) electrons. The van der Waals surface area contributed by atoms with Crippen molar-refractivity contribution in [2.75, 3.05) is 0 Å². The average molecular weight is 324 g/mol. The number of aryl methyl sites for hydroxylation is 3. The molecule has 0 amide bonds. The highest BCUT2D eigenvalue weighted by atomic mass is 79.9. The van der Waals surface area contributed by atoms with Gasteiger partial charge in [0.1, 0.15) is 0 Å². The van der Waals surface area contributed by atoms with Crippen LogP contribution in [0.25, 0.3) is 0 Å². The van der Waals surface area contributed by atoms with Gasteiger partial charge < -0.3 is 0 Å². The number of pyridine rings is 1. The van der Waals surface area contributed by atoms with Crippen LogP contribution in [0, 0.1) is 13.8 Å². The number of nitrogens with one attached hydrogen (secondary N) is 1. The fraction of sp³-hybridized carbons (Fsp3) is 0.385. The molecule has 0 aliphatic rings. The Kier molecular flexibility index (Phi) is 4.34. The molecule has 0 fully saturated rings. The molecule has 0 saturated carbocycles. The Labute approximate surface area is 121 Å². The van der Waals surface area contributed by atoms with Crippen LogP contribution in [0.1, 0.15) is 28.7 Å². The third kappa shape index (κ3) is 3.02. The summed E-state index contributed by atoms with van der Waals surface area (Å²) in [7, 11) is 1.94. The number of aromatic nitrogens is 3. The topological polar surface area (TPSA) is 68.8 Å². The van der Waals surface area contributed by atoms with Crippen LogP contribution in [0.5, 0.6) is 0 Å². The summed E-state index contributed by atoms with van der Waals surface area (Å²) in [5.41, 5.74) is 7.01. The highest BCUT2D eigenvalue weighted by Crippen LogP contribution is 2.25. The predicted octanol–water partition coefficient (Wildman–Crippen LogP) is 1.94. The maximum atomic E-state index is 5.67. The number of hydrogen-bond donors (Lipinski definition) is 2. The zero-order chi connectivity index (χ0) is 14.0. The summed E-state index contributed by atoms with van der Waals surface area (Å²) < 4.78 is 2.92. The Morgan fingerprint density at radius 1 is 1.42 bits per heavy atom. The van der Waals surface area contributed by atoms with E-state index >= 15 is 0 Å². The van der Waals surface area contributed by atoms with Gasteiger partial charge in [-0.15, -0.1) is 0 Å². The first kappa shape index (κ1) is 14.2. The van der Waals surface area contributed by atoms with Gasteiger partial charge in [-0.3, -0.25) is 20.9 Å². The van der Waals surface area contributed by atoms with E-state index in [4.69, 9.17) is 5.84 Å². The van der Waals surface area contributed by atoms with Gasteiger partial charge in [0, 0.05) is 25.4 Å². The van der Waals surface area contributed by atoms with Crippen LogP contribution in [0.2, 0.25) is 0 Å². The van der Waals surface area contributed by atoms with Crippen LogP contribution < -0.4 is 11.3 Å². The summed E-state index contributed by atoms with van der Waals surface area (Å²) in [5.74, 6) is 5.67. The number of nitrogens with two attached hydrogens (primary N) is 1. The summed E-state index contributed by atoms with van der Waals surface area (Å²) in [5, 5.41) is 4.39. The summed E-state index contributed by atoms with van der Waals surface area (Å²) in [6.45, 7) is 3.95. The van der Waals surface area contributed by atoms with Crippen molar-refractivity contribution in [3.63, 3.8) is 0 Å². The van der Waals surface area contributed by atoms with E-state index in [1.807, 2.05) is 43.9 Å². The van der Waals surface area contributed by atoms with Gasteiger partial charge in [0.05, 0.1) is 21.9 Å². The number of hydrazine groups is 1. The molecule has 0 bridgehead atoms. The smallest absolute Gasteiger partial charge is 0.0738 e. The molecule has 0 saturated heterocycles. The summed E-state index contributed by atoms with van der Waals surface area (Å²) in [6, 6.07) is 4.05. The molecule has 2 heterocycles. The highest BCUT2D eigenvalue weighted by molar-refractivity contribution is 9.10. The van der Waals surface area contributed by atoms with Crippen LogP contribution in [0.15, 0.2) is 22.8 Å². The molecule has 102 valence electrons. The zero-order valence-corrected chi connectivity index (χ0v) is 12.9. The van der Waals surface area contributed by atoms with Crippen molar-refractivity contribution in [3.8, 4) is 0 Å².